The molecule has 9 N–H and O–H groups in total. The van der Waals surface area contributed by atoms with Gasteiger partial charge in [0.25, 0.3) is 0 Å². The summed E-state index contributed by atoms with van der Waals surface area (Å²) in [6.07, 6.45) is -1.18. The van der Waals surface area contributed by atoms with Gasteiger partial charge in [-0.3, -0.25) is 9.56 Å². The first-order valence-electron chi connectivity index (χ1n) is 8.81. The molecule has 2 unspecified atom stereocenters. The maximum absolute atomic E-state index is 10.3. The maximum Gasteiger partial charge on any atom is 0.203 e. The Morgan fingerprint density at radius 1 is 1.36 bits per heavy atom. The molecule has 13 heteroatoms. The third-order valence-electron chi connectivity index (χ3n) is 4.41. The minimum atomic E-state index is -1.23. The summed E-state index contributed by atoms with van der Waals surface area (Å²) in [4.78, 5) is 15.5. The zero-order valence-electron chi connectivity index (χ0n) is 15.0. The number of aromatic amines is 1. The normalized spacial score (nSPS) is 24.5. The Balaban J connectivity index is 1.74. The van der Waals surface area contributed by atoms with Gasteiger partial charge in [0, 0.05) is 13.1 Å². The molecule has 4 atom stereocenters. The number of unbranched alkanes of at least 4 members (excludes halogenated alkanes) is 1. The molecule has 0 saturated carbocycles. The van der Waals surface area contributed by atoms with Crippen molar-refractivity contribution in [3.63, 3.8) is 0 Å². The van der Waals surface area contributed by atoms with Crippen LogP contribution in [0.15, 0.2) is 11.3 Å². The highest BCUT2D eigenvalue weighted by atomic mass is 32.1. The molecule has 1 fully saturated rings. The Morgan fingerprint density at radius 3 is 2.82 bits per heavy atom. The molecule has 3 heterocycles. The molecule has 0 spiro atoms. The zero-order chi connectivity index (χ0) is 20.3. The van der Waals surface area contributed by atoms with Crippen LogP contribution in [0.25, 0.3) is 11.2 Å². The van der Waals surface area contributed by atoms with E-state index in [2.05, 4.69) is 25.3 Å². The molecule has 0 aliphatic carbocycles. The number of aliphatic imine (C=N–C) groups is 1. The van der Waals surface area contributed by atoms with Crippen LogP contribution in [0.4, 0.5) is 5.95 Å². The van der Waals surface area contributed by atoms with Crippen molar-refractivity contribution in [2.75, 3.05) is 25.0 Å². The van der Waals surface area contributed by atoms with Gasteiger partial charge in [0.2, 0.25) is 5.95 Å². The van der Waals surface area contributed by atoms with E-state index in [0.29, 0.717) is 30.2 Å². The van der Waals surface area contributed by atoms with Crippen LogP contribution in [0.1, 0.15) is 19.1 Å². The average molecular weight is 412 g/mol. The summed E-state index contributed by atoms with van der Waals surface area (Å²) in [7, 11) is 0. The molecule has 0 bridgehead atoms. The predicted octanol–water partition coefficient (Wildman–Crippen LogP) is -1.43. The number of nitrogens with zero attached hydrogens (tertiary/aromatic N) is 4. The minimum absolute atomic E-state index is 0.0716. The number of rotatable bonds is 8. The van der Waals surface area contributed by atoms with Crippen LogP contribution in [0.5, 0.6) is 0 Å². The fraction of sp³-hybridized carbons (Fsp3) is 0.600. The van der Waals surface area contributed by atoms with Crippen molar-refractivity contribution in [3.8, 4) is 0 Å². The summed E-state index contributed by atoms with van der Waals surface area (Å²) in [5, 5.41) is 32.6. The number of imidazole rings is 1. The minimum Gasteiger partial charge on any atom is -0.394 e. The number of anilines is 1. The topological polar surface area (TPSA) is 193 Å². The van der Waals surface area contributed by atoms with E-state index >= 15 is 0 Å². The second-order valence-electron chi connectivity index (χ2n) is 6.41. The Hall–Kier alpha value is -2.32. The zero-order valence-corrected chi connectivity index (χ0v) is 15.8. The van der Waals surface area contributed by atoms with E-state index in [1.54, 1.807) is 0 Å². The van der Waals surface area contributed by atoms with Crippen molar-refractivity contribution in [1.29, 1.82) is 0 Å². The lowest BCUT2D eigenvalue weighted by molar-refractivity contribution is -0.0511. The van der Waals surface area contributed by atoms with E-state index in [1.807, 2.05) is 0 Å². The Labute approximate surface area is 165 Å². The van der Waals surface area contributed by atoms with E-state index in [0.717, 1.165) is 12.8 Å². The van der Waals surface area contributed by atoms with Crippen LogP contribution < -0.4 is 16.8 Å². The van der Waals surface area contributed by atoms with Crippen LogP contribution in [-0.4, -0.2) is 78.8 Å². The van der Waals surface area contributed by atoms with E-state index < -0.39 is 31.1 Å². The number of hydrogen-bond acceptors (Lipinski definition) is 9. The number of guanidine groups is 1. The molecule has 1 saturated heterocycles. The van der Waals surface area contributed by atoms with Crippen LogP contribution in [0, 0.1) is 4.64 Å². The first kappa shape index (κ1) is 20.4. The van der Waals surface area contributed by atoms with Crippen molar-refractivity contribution >= 4 is 35.3 Å². The van der Waals surface area contributed by atoms with Crippen molar-refractivity contribution in [3.05, 3.63) is 11.0 Å². The summed E-state index contributed by atoms with van der Waals surface area (Å²) in [5.74, 6) is 0.509. The Kier molecular flexibility index (Phi) is 6.41. The van der Waals surface area contributed by atoms with Gasteiger partial charge in [0.15, 0.2) is 16.8 Å². The fourth-order valence-electron chi connectivity index (χ4n) is 2.97. The predicted molar refractivity (Wildman–Crippen MR) is 104 cm³/mol. The molecule has 1 aliphatic heterocycles. The molecular formula is C15H24N8O4S. The Bertz CT molecular complexity index is 896. The highest BCUT2D eigenvalue weighted by Crippen LogP contribution is 2.31. The van der Waals surface area contributed by atoms with E-state index in [9.17, 15) is 15.3 Å². The molecule has 3 rings (SSSR count). The molecule has 12 nitrogen and oxygen atoms in total. The standard InChI is InChI=1S/C15H24N8O4S/c16-14(17)18-3-1-2-4-19-15-21-11-8(12(28)22-15)20-6-23(11)13-10(26)9(25)7(5-24)27-13/h6-7,9-10,13,24-26H,1-5H2,(H4,16,17,18)(H2,19,21,22,28)/t7-,9+,10?,13?/m1/s1. The van der Waals surface area contributed by atoms with Crippen LogP contribution >= 0.6 is 12.2 Å². The van der Waals surface area contributed by atoms with Crippen molar-refractivity contribution in [2.45, 2.75) is 37.4 Å². The third-order valence-corrected chi connectivity index (χ3v) is 4.69. The number of hydrogen-bond donors (Lipinski definition) is 7. The van der Waals surface area contributed by atoms with Gasteiger partial charge in [-0.1, -0.05) is 12.2 Å². The van der Waals surface area contributed by atoms with Gasteiger partial charge in [0.1, 0.15) is 29.5 Å². The van der Waals surface area contributed by atoms with Crippen LogP contribution in [0.2, 0.25) is 0 Å². The number of nitrogens with two attached hydrogens (primary N) is 2. The second-order valence-corrected chi connectivity index (χ2v) is 6.80. The molecule has 2 aromatic rings. The van der Waals surface area contributed by atoms with Gasteiger partial charge in [-0.15, -0.1) is 0 Å². The van der Waals surface area contributed by atoms with Crippen LogP contribution in [-0.2, 0) is 4.74 Å². The quantitative estimate of drug-likeness (QED) is 0.117. The average Bonchev–Trinajstić information content (AvgIpc) is 3.20. The summed E-state index contributed by atoms with van der Waals surface area (Å²) in [5.41, 5.74) is 11.5. The molecule has 0 radical (unpaired) electrons. The molecule has 0 amide bonds. The van der Waals surface area contributed by atoms with Crippen molar-refractivity contribution < 1.29 is 20.1 Å². The lowest BCUT2D eigenvalue weighted by Gasteiger charge is -2.17. The molecule has 0 aromatic carbocycles. The van der Waals surface area contributed by atoms with Gasteiger partial charge >= 0.3 is 0 Å². The van der Waals surface area contributed by atoms with Gasteiger partial charge in [0.05, 0.1) is 12.9 Å². The monoisotopic (exact) mass is 412 g/mol. The Morgan fingerprint density at radius 2 is 2.14 bits per heavy atom. The summed E-state index contributed by atoms with van der Waals surface area (Å²) in [6, 6.07) is 0. The summed E-state index contributed by atoms with van der Waals surface area (Å²) in [6.45, 7) is 0.752. The largest absolute Gasteiger partial charge is 0.394 e. The lowest BCUT2D eigenvalue weighted by atomic mass is 10.1. The molecule has 154 valence electrons. The van der Waals surface area contributed by atoms with Gasteiger partial charge in [-0.25, -0.2) is 9.97 Å². The van der Waals surface area contributed by atoms with E-state index in [-0.39, 0.29) is 10.6 Å². The van der Waals surface area contributed by atoms with E-state index in [4.69, 9.17) is 28.4 Å². The number of ether oxygens (including phenoxy) is 1. The molecule has 1 aliphatic rings. The number of aromatic nitrogens is 4. The number of nitrogens with one attached hydrogen (secondary N) is 2. The number of aliphatic hydroxyl groups excluding tert-OH is 3. The number of aliphatic hydroxyl groups is 3. The molecular weight excluding hydrogens is 388 g/mol. The van der Waals surface area contributed by atoms with Gasteiger partial charge in [-0.2, -0.15) is 0 Å². The molecule has 2 aromatic heterocycles. The summed E-state index contributed by atoms with van der Waals surface area (Å²) >= 11 is 5.29. The van der Waals surface area contributed by atoms with Gasteiger partial charge < -0.3 is 41.8 Å². The third kappa shape index (κ3) is 4.23. The van der Waals surface area contributed by atoms with E-state index in [1.165, 1.54) is 10.9 Å². The smallest absolute Gasteiger partial charge is 0.203 e. The van der Waals surface area contributed by atoms with Gasteiger partial charge in [-0.05, 0) is 12.8 Å². The number of fused-ring (bicyclic) bond motifs is 1. The summed E-state index contributed by atoms with van der Waals surface area (Å²) < 4.78 is 7.37. The van der Waals surface area contributed by atoms with Crippen molar-refractivity contribution in [1.82, 2.24) is 19.5 Å². The molecule has 28 heavy (non-hydrogen) atoms. The van der Waals surface area contributed by atoms with Crippen LogP contribution in [0.3, 0.4) is 0 Å². The fourth-order valence-corrected chi connectivity index (χ4v) is 3.21. The first-order valence-corrected chi connectivity index (χ1v) is 9.21. The number of H-pyrrole nitrogens is 1. The lowest BCUT2D eigenvalue weighted by Crippen LogP contribution is -2.33. The highest BCUT2D eigenvalue weighted by molar-refractivity contribution is 7.71. The maximum atomic E-state index is 10.3. The first-order chi connectivity index (χ1) is 13.4. The SMILES string of the molecule is NC(N)=NCCCCNc1nc(=S)c2ncn(C3O[C@H](CO)[C@H](O)C3O)c2[nH]1. The second kappa shape index (κ2) is 8.79. The van der Waals surface area contributed by atoms with Crippen molar-refractivity contribution in [2.24, 2.45) is 16.5 Å². The highest BCUT2D eigenvalue weighted by Gasteiger charge is 2.43.